The molecular formula is C14H19FN2O2S. The van der Waals surface area contributed by atoms with E-state index in [4.69, 9.17) is 0 Å². The summed E-state index contributed by atoms with van der Waals surface area (Å²) >= 11 is 1.83. The number of carbonyl (C=O) groups excluding carboxylic acids is 1. The van der Waals surface area contributed by atoms with Gasteiger partial charge in [-0.1, -0.05) is 18.2 Å². The predicted octanol–water partition coefficient (Wildman–Crippen LogP) is 1.07. The smallest absolute Gasteiger partial charge is 0.221 e. The Hall–Kier alpha value is -1.11. The zero-order chi connectivity index (χ0) is 14.4. The van der Waals surface area contributed by atoms with Crippen molar-refractivity contribution in [3.63, 3.8) is 0 Å². The summed E-state index contributed by atoms with van der Waals surface area (Å²) in [7, 11) is 0. The van der Waals surface area contributed by atoms with Crippen LogP contribution in [0, 0.1) is 5.82 Å². The topological polar surface area (TPSA) is 61.4 Å². The lowest BCUT2D eigenvalue weighted by Gasteiger charge is -2.22. The summed E-state index contributed by atoms with van der Waals surface area (Å²) < 4.78 is 13.5. The van der Waals surface area contributed by atoms with Crippen LogP contribution in [-0.4, -0.2) is 41.7 Å². The van der Waals surface area contributed by atoms with Gasteiger partial charge in [0.05, 0.1) is 6.10 Å². The van der Waals surface area contributed by atoms with Crippen LogP contribution in [0.5, 0.6) is 0 Å². The number of thioether (sulfide) groups is 1. The monoisotopic (exact) mass is 298 g/mol. The van der Waals surface area contributed by atoms with Crippen LogP contribution in [0.4, 0.5) is 4.39 Å². The van der Waals surface area contributed by atoms with Crippen LogP contribution < -0.4 is 10.6 Å². The Morgan fingerprint density at radius 2 is 2.35 bits per heavy atom. The normalized spacial score (nSPS) is 20.4. The van der Waals surface area contributed by atoms with Crippen LogP contribution in [0.15, 0.2) is 24.3 Å². The molecule has 0 bridgehead atoms. The van der Waals surface area contributed by atoms with Gasteiger partial charge in [0.25, 0.3) is 0 Å². The van der Waals surface area contributed by atoms with E-state index in [1.54, 1.807) is 12.1 Å². The number of halogens is 1. The zero-order valence-electron chi connectivity index (χ0n) is 11.1. The van der Waals surface area contributed by atoms with Gasteiger partial charge in [-0.3, -0.25) is 4.79 Å². The van der Waals surface area contributed by atoms with Gasteiger partial charge in [-0.05, 0) is 6.07 Å². The van der Waals surface area contributed by atoms with Crippen LogP contribution in [0.3, 0.4) is 0 Å². The zero-order valence-corrected chi connectivity index (χ0v) is 12.0. The minimum Gasteiger partial charge on any atom is -0.386 e. The molecular weight excluding hydrogens is 279 g/mol. The summed E-state index contributed by atoms with van der Waals surface area (Å²) in [5.41, 5.74) is 0.208. The maximum atomic E-state index is 13.5. The molecule has 1 heterocycles. The molecule has 0 spiro atoms. The highest BCUT2D eigenvalue weighted by Crippen LogP contribution is 2.16. The molecule has 1 aromatic rings. The summed E-state index contributed by atoms with van der Waals surface area (Å²) in [6.07, 6.45) is -0.634. The van der Waals surface area contributed by atoms with E-state index in [0.29, 0.717) is 6.42 Å². The van der Waals surface area contributed by atoms with Crippen molar-refractivity contribution in [2.45, 2.75) is 18.6 Å². The van der Waals surface area contributed by atoms with Crippen molar-refractivity contribution in [3.05, 3.63) is 35.6 Å². The van der Waals surface area contributed by atoms with Crippen molar-refractivity contribution < 1.29 is 14.3 Å². The molecule has 1 aliphatic rings. The van der Waals surface area contributed by atoms with Gasteiger partial charge in [0.1, 0.15) is 5.82 Å². The summed E-state index contributed by atoms with van der Waals surface area (Å²) in [5.74, 6) is 1.41. The van der Waals surface area contributed by atoms with Crippen LogP contribution >= 0.6 is 11.8 Å². The molecule has 6 heteroatoms. The van der Waals surface area contributed by atoms with Crippen molar-refractivity contribution in [2.75, 3.05) is 24.6 Å². The van der Waals surface area contributed by atoms with Crippen LogP contribution in [0.25, 0.3) is 0 Å². The second-order valence-electron chi connectivity index (χ2n) is 4.77. The maximum absolute atomic E-state index is 13.5. The molecule has 1 aliphatic heterocycles. The van der Waals surface area contributed by atoms with Gasteiger partial charge in [-0.15, -0.1) is 0 Å². The summed E-state index contributed by atoms with van der Waals surface area (Å²) in [6.45, 7) is 0.945. The number of hydrogen-bond acceptors (Lipinski definition) is 4. The molecule has 1 fully saturated rings. The highest BCUT2D eigenvalue weighted by Gasteiger charge is 2.18. The minimum atomic E-state index is -1.02. The lowest BCUT2D eigenvalue weighted by molar-refractivity contribution is -0.122. The van der Waals surface area contributed by atoms with E-state index in [-0.39, 0.29) is 24.1 Å². The van der Waals surface area contributed by atoms with E-state index in [1.807, 2.05) is 11.8 Å². The van der Waals surface area contributed by atoms with Crippen LogP contribution in [0.1, 0.15) is 18.1 Å². The molecule has 0 aromatic heterocycles. The molecule has 1 saturated heterocycles. The third-order valence-electron chi connectivity index (χ3n) is 3.19. The van der Waals surface area contributed by atoms with Gasteiger partial charge in [-0.2, -0.15) is 11.8 Å². The quantitative estimate of drug-likeness (QED) is 0.761. The average molecular weight is 298 g/mol. The van der Waals surface area contributed by atoms with E-state index in [9.17, 15) is 14.3 Å². The lowest BCUT2D eigenvalue weighted by Crippen LogP contribution is -2.42. The number of amides is 1. The predicted molar refractivity (Wildman–Crippen MR) is 78.1 cm³/mol. The van der Waals surface area contributed by atoms with E-state index < -0.39 is 11.9 Å². The summed E-state index contributed by atoms with van der Waals surface area (Å²) in [5, 5.41) is 15.8. The lowest BCUT2D eigenvalue weighted by atomic mass is 10.1. The van der Waals surface area contributed by atoms with Crippen molar-refractivity contribution in [1.29, 1.82) is 0 Å². The highest BCUT2D eigenvalue weighted by molar-refractivity contribution is 7.99. The Labute approximate surface area is 122 Å². The first-order chi connectivity index (χ1) is 9.66. The van der Waals surface area contributed by atoms with Crippen LogP contribution in [-0.2, 0) is 4.79 Å². The van der Waals surface area contributed by atoms with Crippen molar-refractivity contribution in [1.82, 2.24) is 10.6 Å². The number of aliphatic hydroxyl groups is 1. The highest BCUT2D eigenvalue weighted by atomic mass is 32.2. The SMILES string of the molecule is O=C(CC1CSCCN1)NCC(O)c1ccccc1F. The standard InChI is InChI=1S/C14H19FN2O2S/c15-12-4-2-1-3-11(12)13(18)8-17-14(19)7-10-9-20-6-5-16-10/h1-4,10,13,16,18H,5-9H2,(H,17,19). The Balaban J connectivity index is 1.76. The second kappa shape index (κ2) is 7.61. The molecule has 1 amide bonds. The third-order valence-corrected chi connectivity index (χ3v) is 4.32. The van der Waals surface area contributed by atoms with E-state index in [1.165, 1.54) is 12.1 Å². The molecule has 0 aliphatic carbocycles. The minimum absolute atomic E-state index is 0.0274. The first-order valence-electron chi connectivity index (χ1n) is 6.67. The molecule has 0 saturated carbocycles. The Bertz CT molecular complexity index is 453. The number of nitrogens with one attached hydrogen (secondary N) is 2. The largest absolute Gasteiger partial charge is 0.386 e. The molecule has 110 valence electrons. The number of carbonyl (C=O) groups is 1. The van der Waals surface area contributed by atoms with Gasteiger partial charge >= 0.3 is 0 Å². The van der Waals surface area contributed by atoms with Gasteiger partial charge in [0.2, 0.25) is 5.91 Å². The van der Waals surface area contributed by atoms with E-state index in [2.05, 4.69) is 10.6 Å². The fraction of sp³-hybridized carbons (Fsp3) is 0.500. The van der Waals surface area contributed by atoms with Gasteiger partial charge in [-0.25, -0.2) is 4.39 Å². The van der Waals surface area contributed by atoms with E-state index >= 15 is 0 Å². The Kier molecular flexibility index (Phi) is 5.82. The number of aliphatic hydroxyl groups excluding tert-OH is 1. The van der Waals surface area contributed by atoms with Gasteiger partial charge in [0, 0.05) is 42.6 Å². The first-order valence-corrected chi connectivity index (χ1v) is 7.82. The van der Waals surface area contributed by atoms with Gasteiger partial charge < -0.3 is 15.7 Å². The molecule has 2 atom stereocenters. The molecule has 20 heavy (non-hydrogen) atoms. The third kappa shape index (κ3) is 4.47. The number of rotatable bonds is 5. The van der Waals surface area contributed by atoms with Crippen LogP contribution in [0.2, 0.25) is 0 Å². The summed E-state index contributed by atoms with van der Waals surface area (Å²) in [6, 6.07) is 6.22. The molecule has 0 radical (unpaired) electrons. The molecule has 1 aromatic carbocycles. The van der Waals surface area contributed by atoms with Crippen molar-refractivity contribution in [3.8, 4) is 0 Å². The fourth-order valence-corrected chi connectivity index (χ4v) is 3.06. The maximum Gasteiger partial charge on any atom is 0.221 e. The molecule has 2 rings (SSSR count). The Morgan fingerprint density at radius 3 is 3.05 bits per heavy atom. The van der Waals surface area contributed by atoms with Gasteiger partial charge in [0.15, 0.2) is 0 Å². The Morgan fingerprint density at radius 1 is 1.55 bits per heavy atom. The molecule has 2 unspecified atom stereocenters. The molecule has 3 N–H and O–H groups in total. The number of benzene rings is 1. The summed E-state index contributed by atoms with van der Waals surface area (Å²) in [4.78, 5) is 11.8. The first kappa shape index (κ1) is 15.3. The van der Waals surface area contributed by atoms with Crippen molar-refractivity contribution >= 4 is 17.7 Å². The fourth-order valence-electron chi connectivity index (χ4n) is 2.11. The molecule has 4 nitrogen and oxygen atoms in total. The number of hydrogen-bond donors (Lipinski definition) is 3. The average Bonchev–Trinajstić information content (AvgIpc) is 2.46. The van der Waals surface area contributed by atoms with E-state index in [0.717, 1.165) is 18.1 Å². The second-order valence-corrected chi connectivity index (χ2v) is 5.92. The van der Waals surface area contributed by atoms with Crippen molar-refractivity contribution in [2.24, 2.45) is 0 Å².